The molecule has 62 heavy (non-hydrogen) atoms. The number of ether oxygens (including phenoxy) is 4. The highest BCUT2D eigenvalue weighted by Gasteiger charge is 2.44. The van der Waals surface area contributed by atoms with Crippen molar-refractivity contribution < 1.29 is 28.0 Å². The van der Waals surface area contributed by atoms with Gasteiger partial charge in [0, 0.05) is 18.5 Å². The SMILES string of the molecule is COc1ccc(C(OC[C@H]2O[C@H](c3ccc(-c4ccc(-c5ccccc5)cc4)cc3)C[C@@H]2OP(OCCC#N)N(C(C)C)C(C)C)(c2ccccc2)c2ccc(OC)cc2)cc1. The van der Waals surface area contributed by atoms with E-state index < -0.39 is 26.3 Å². The molecule has 0 N–H and O–H groups in total. The summed E-state index contributed by atoms with van der Waals surface area (Å²) in [7, 11) is 1.78. The average molecular weight is 849 g/mol. The van der Waals surface area contributed by atoms with Crippen molar-refractivity contribution in [3.05, 3.63) is 180 Å². The first-order valence-corrected chi connectivity index (χ1v) is 22.5. The summed E-state index contributed by atoms with van der Waals surface area (Å²) in [5.74, 6) is 1.50. The molecule has 4 atom stereocenters. The summed E-state index contributed by atoms with van der Waals surface area (Å²) in [6.07, 6.45) is -0.270. The van der Waals surface area contributed by atoms with Gasteiger partial charge in [-0.2, -0.15) is 5.26 Å². The minimum absolute atomic E-state index is 0.140. The molecule has 1 unspecified atom stereocenters. The van der Waals surface area contributed by atoms with Crippen LogP contribution in [0.3, 0.4) is 0 Å². The highest BCUT2D eigenvalue weighted by molar-refractivity contribution is 7.44. The Morgan fingerprint density at radius 3 is 1.60 bits per heavy atom. The van der Waals surface area contributed by atoms with Gasteiger partial charge >= 0.3 is 0 Å². The Labute approximate surface area is 368 Å². The van der Waals surface area contributed by atoms with Crippen molar-refractivity contribution in [3.63, 3.8) is 0 Å². The maximum absolute atomic E-state index is 9.43. The molecule has 6 aromatic rings. The monoisotopic (exact) mass is 848 g/mol. The molecule has 0 radical (unpaired) electrons. The quantitative estimate of drug-likeness (QED) is 0.0453. The lowest BCUT2D eigenvalue weighted by molar-refractivity contribution is -0.0806. The van der Waals surface area contributed by atoms with Crippen LogP contribution in [0.4, 0.5) is 0 Å². The maximum atomic E-state index is 9.43. The van der Waals surface area contributed by atoms with Gasteiger partial charge in [-0.3, -0.25) is 0 Å². The van der Waals surface area contributed by atoms with Crippen LogP contribution in [0.5, 0.6) is 11.5 Å². The Kier molecular flexibility index (Phi) is 15.2. The van der Waals surface area contributed by atoms with Gasteiger partial charge in [-0.15, -0.1) is 0 Å². The second-order valence-electron chi connectivity index (χ2n) is 16.0. The molecular weight excluding hydrogens is 792 g/mol. The number of hydrogen-bond acceptors (Lipinski definition) is 8. The zero-order valence-corrected chi connectivity index (χ0v) is 37.4. The number of nitriles is 1. The van der Waals surface area contributed by atoms with Gasteiger partial charge in [-0.1, -0.05) is 133 Å². The predicted molar refractivity (Wildman–Crippen MR) is 248 cm³/mol. The van der Waals surface area contributed by atoms with Crippen LogP contribution in [-0.4, -0.2) is 56.4 Å². The number of hydrogen-bond donors (Lipinski definition) is 0. The highest BCUT2D eigenvalue weighted by Crippen LogP contribution is 2.51. The second kappa shape index (κ2) is 21.1. The summed E-state index contributed by atoms with van der Waals surface area (Å²) in [4.78, 5) is 0. The molecule has 1 saturated heterocycles. The molecule has 7 rings (SSSR count). The standard InChI is InChI=1S/C53H57N2O6P/c1-38(2)55(39(3)4)62(59-35-13-34-54)61-51-36-50(44-24-22-43(23-25-44)42-20-18-41(19-21-42)40-14-9-7-10-15-40)60-52(51)37-58-53(45-16-11-8-12-17-45,46-26-30-48(56-5)31-27-46)47-28-32-49(57-6)33-29-47/h7-12,14-33,38-39,50-52H,13,35-37H2,1-6H3/t50-,51-,52+,62?/m0/s1. The largest absolute Gasteiger partial charge is 0.497 e. The van der Waals surface area contributed by atoms with E-state index in [0.29, 0.717) is 6.42 Å². The third-order valence-corrected chi connectivity index (χ3v) is 13.5. The zero-order valence-electron chi connectivity index (χ0n) is 36.5. The summed E-state index contributed by atoms with van der Waals surface area (Å²) in [5, 5.41) is 9.43. The molecule has 9 heteroatoms. The Morgan fingerprint density at radius 2 is 1.11 bits per heavy atom. The van der Waals surface area contributed by atoms with Crippen molar-refractivity contribution in [2.24, 2.45) is 0 Å². The molecule has 1 aliphatic rings. The smallest absolute Gasteiger partial charge is 0.259 e. The lowest BCUT2D eigenvalue weighted by Crippen LogP contribution is -2.39. The van der Waals surface area contributed by atoms with E-state index in [2.05, 4.69) is 148 Å². The third-order valence-electron chi connectivity index (χ3n) is 11.3. The first-order chi connectivity index (χ1) is 30.2. The Bertz CT molecular complexity index is 2260. The van der Waals surface area contributed by atoms with E-state index in [1.807, 2.05) is 48.5 Å². The molecule has 6 aromatic carbocycles. The molecule has 0 spiro atoms. The zero-order chi connectivity index (χ0) is 43.5. The van der Waals surface area contributed by atoms with Gasteiger partial charge in [-0.25, -0.2) is 4.67 Å². The van der Waals surface area contributed by atoms with Crippen molar-refractivity contribution in [3.8, 4) is 39.8 Å². The van der Waals surface area contributed by atoms with E-state index in [-0.39, 0.29) is 37.8 Å². The number of benzene rings is 6. The fourth-order valence-electron chi connectivity index (χ4n) is 8.26. The van der Waals surface area contributed by atoms with E-state index in [9.17, 15) is 5.26 Å². The fraction of sp³-hybridized carbons (Fsp3) is 0.302. The summed E-state index contributed by atoms with van der Waals surface area (Å²) in [6, 6.07) is 56.7. The van der Waals surface area contributed by atoms with Crippen molar-refractivity contribution in [2.45, 2.75) is 76.5 Å². The molecule has 8 nitrogen and oxygen atoms in total. The summed E-state index contributed by atoms with van der Waals surface area (Å²) < 4.78 is 41.5. The van der Waals surface area contributed by atoms with E-state index in [4.69, 9.17) is 28.0 Å². The van der Waals surface area contributed by atoms with E-state index >= 15 is 0 Å². The van der Waals surface area contributed by atoms with Crippen LogP contribution in [0.1, 0.15) is 68.9 Å². The molecule has 1 aliphatic heterocycles. The van der Waals surface area contributed by atoms with Crippen molar-refractivity contribution in [2.75, 3.05) is 27.4 Å². The van der Waals surface area contributed by atoms with Crippen LogP contribution < -0.4 is 9.47 Å². The van der Waals surface area contributed by atoms with Gasteiger partial charge < -0.3 is 28.0 Å². The molecule has 0 aliphatic carbocycles. The minimum Gasteiger partial charge on any atom is -0.497 e. The van der Waals surface area contributed by atoms with Crippen LogP contribution in [0.2, 0.25) is 0 Å². The fourth-order valence-corrected chi connectivity index (χ4v) is 10.0. The maximum Gasteiger partial charge on any atom is 0.259 e. The molecular formula is C53H57N2O6P. The van der Waals surface area contributed by atoms with E-state index in [1.165, 1.54) is 11.1 Å². The normalized spacial score (nSPS) is 17.0. The van der Waals surface area contributed by atoms with Crippen LogP contribution in [0, 0.1) is 11.3 Å². The van der Waals surface area contributed by atoms with Gasteiger partial charge in [-0.05, 0) is 96.5 Å². The molecule has 0 bridgehead atoms. The predicted octanol–water partition coefficient (Wildman–Crippen LogP) is 12.5. The third kappa shape index (κ3) is 10.3. The lowest BCUT2D eigenvalue weighted by Gasteiger charge is -2.39. The Hall–Kier alpha value is -5.36. The van der Waals surface area contributed by atoms with Gasteiger partial charge in [0.2, 0.25) is 0 Å². The number of rotatable bonds is 19. The minimum atomic E-state index is -1.56. The van der Waals surface area contributed by atoms with Crippen LogP contribution in [-0.2, 0) is 24.1 Å². The van der Waals surface area contributed by atoms with Gasteiger partial charge in [0.05, 0.1) is 52.1 Å². The average Bonchev–Trinajstić information content (AvgIpc) is 3.72. The Balaban J connectivity index is 1.23. The van der Waals surface area contributed by atoms with Crippen LogP contribution in [0.25, 0.3) is 22.3 Å². The second-order valence-corrected chi connectivity index (χ2v) is 17.4. The highest BCUT2D eigenvalue weighted by atomic mass is 31.2. The first kappa shape index (κ1) is 44.7. The molecule has 0 saturated carbocycles. The molecule has 0 aromatic heterocycles. The number of nitrogens with zero attached hydrogens (tertiary/aromatic N) is 2. The van der Waals surface area contributed by atoms with Crippen LogP contribution >= 0.6 is 8.53 Å². The molecule has 1 fully saturated rings. The van der Waals surface area contributed by atoms with Crippen molar-refractivity contribution in [1.82, 2.24) is 4.67 Å². The van der Waals surface area contributed by atoms with Gasteiger partial charge in [0.15, 0.2) is 0 Å². The van der Waals surface area contributed by atoms with Gasteiger partial charge in [0.1, 0.15) is 23.2 Å². The Morgan fingerprint density at radius 1 is 0.645 bits per heavy atom. The van der Waals surface area contributed by atoms with E-state index in [1.54, 1.807) is 14.2 Å². The van der Waals surface area contributed by atoms with Gasteiger partial charge in [0.25, 0.3) is 8.53 Å². The lowest BCUT2D eigenvalue weighted by atomic mass is 9.80. The van der Waals surface area contributed by atoms with Crippen molar-refractivity contribution in [1.29, 1.82) is 5.26 Å². The molecule has 320 valence electrons. The molecule has 1 heterocycles. The number of methoxy groups -OCH3 is 2. The summed E-state index contributed by atoms with van der Waals surface area (Å²) in [5.41, 5.74) is 7.50. The molecule has 0 amide bonds. The topological polar surface area (TPSA) is 82.4 Å². The van der Waals surface area contributed by atoms with Crippen LogP contribution in [0.15, 0.2) is 158 Å². The summed E-state index contributed by atoms with van der Waals surface area (Å²) >= 11 is 0. The van der Waals surface area contributed by atoms with Crippen molar-refractivity contribution >= 4 is 8.53 Å². The summed E-state index contributed by atoms with van der Waals surface area (Å²) in [6.45, 7) is 9.07. The first-order valence-electron chi connectivity index (χ1n) is 21.4. The van der Waals surface area contributed by atoms with E-state index in [0.717, 1.165) is 44.9 Å².